The van der Waals surface area contributed by atoms with Gasteiger partial charge < -0.3 is 4.74 Å². The van der Waals surface area contributed by atoms with E-state index in [0.717, 1.165) is 0 Å². The third kappa shape index (κ3) is 3.91. The number of nitrogens with zero attached hydrogens (tertiary/aromatic N) is 1. The van der Waals surface area contributed by atoms with Crippen LogP contribution in [0.15, 0.2) is 24.3 Å². The van der Waals surface area contributed by atoms with E-state index in [1.54, 1.807) is 11.0 Å². The molecule has 0 atom stereocenters. The summed E-state index contributed by atoms with van der Waals surface area (Å²) in [5.74, 6) is 0. The lowest BCUT2D eigenvalue weighted by Crippen LogP contribution is -2.41. The maximum atomic E-state index is 12.2. The summed E-state index contributed by atoms with van der Waals surface area (Å²) in [6.45, 7) is 9.38. The van der Waals surface area contributed by atoms with Gasteiger partial charge >= 0.3 is 6.09 Å². The number of halogens is 1. The normalized spacial score (nSPS) is 11.5. The standard InChI is InChI=1S/C14H20ClNO2/c1-10(2)16(13(17)18-14(3,4)5)12-9-7-6-8-11(12)15/h6-10H,1-5H3. The zero-order valence-corrected chi connectivity index (χ0v) is 12.3. The number of ether oxygens (including phenoxy) is 1. The van der Waals surface area contributed by atoms with E-state index in [2.05, 4.69) is 0 Å². The van der Waals surface area contributed by atoms with Gasteiger partial charge in [-0.2, -0.15) is 0 Å². The van der Waals surface area contributed by atoms with Crippen LogP contribution in [0.3, 0.4) is 0 Å². The molecule has 0 heterocycles. The minimum Gasteiger partial charge on any atom is -0.443 e. The number of amides is 1. The Morgan fingerprint density at radius 1 is 1.28 bits per heavy atom. The van der Waals surface area contributed by atoms with E-state index < -0.39 is 5.60 Å². The number of rotatable bonds is 2. The molecule has 0 bridgehead atoms. The molecule has 0 aliphatic rings. The zero-order chi connectivity index (χ0) is 13.9. The lowest BCUT2D eigenvalue weighted by Gasteiger charge is -2.30. The summed E-state index contributed by atoms with van der Waals surface area (Å²) in [6, 6.07) is 7.23. The molecule has 0 aliphatic carbocycles. The van der Waals surface area contributed by atoms with Crippen molar-refractivity contribution < 1.29 is 9.53 Å². The number of hydrogen-bond donors (Lipinski definition) is 0. The minimum absolute atomic E-state index is 0.0280. The molecule has 0 fully saturated rings. The van der Waals surface area contributed by atoms with Crippen LogP contribution in [0.5, 0.6) is 0 Å². The average Bonchev–Trinajstić information content (AvgIpc) is 2.17. The van der Waals surface area contributed by atoms with Crippen molar-refractivity contribution in [2.75, 3.05) is 4.90 Å². The summed E-state index contributed by atoms with van der Waals surface area (Å²) in [5.41, 5.74) is 0.147. The summed E-state index contributed by atoms with van der Waals surface area (Å²) < 4.78 is 5.40. The second kappa shape index (κ2) is 5.61. The van der Waals surface area contributed by atoms with Crippen molar-refractivity contribution >= 4 is 23.4 Å². The number of carbonyl (C=O) groups is 1. The molecule has 1 amide bonds. The van der Waals surface area contributed by atoms with E-state index in [0.29, 0.717) is 10.7 Å². The van der Waals surface area contributed by atoms with Gasteiger partial charge in [-0.3, -0.25) is 4.90 Å². The van der Waals surface area contributed by atoms with Crippen molar-refractivity contribution in [3.63, 3.8) is 0 Å². The third-order valence-corrected chi connectivity index (χ3v) is 2.54. The quantitative estimate of drug-likeness (QED) is 0.792. The summed E-state index contributed by atoms with van der Waals surface area (Å²) in [4.78, 5) is 13.8. The van der Waals surface area contributed by atoms with Crippen LogP contribution in [-0.2, 0) is 4.74 Å². The van der Waals surface area contributed by atoms with Crippen LogP contribution in [0.25, 0.3) is 0 Å². The lowest BCUT2D eigenvalue weighted by atomic mass is 10.2. The van der Waals surface area contributed by atoms with Crippen LogP contribution < -0.4 is 4.90 Å². The molecule has 0 spiro atoms. The highest BCUT2D eigenvalue weighted by Gasteiger charge is 2.26. The minimum atomic E-state index is -0.522. The molecule has 0 aliphatic heterocycles. The first-order chi connectivity index (χ1) is 8.22. The van der Waals surface area contributed by atoms with E-state index in [1.807, 2.05) is 52.8 Å². The van der Waals surface area contributed by atoms with Gasteiger partial charge in [0.15, 0.2) is 0 Å². The fourth-order valence-corrected chi connectivity index (χ4v) is 1.77. The van der Waals surface area contributed by atoms with E-state index in [1.165, 1.54) is 0 Å². The summed E-state index contributed by atoms with van der Waals surface area (Å²) in [5, 5.41) is 0.539. The molecule has 100 valence electrons. The fraction of sp³-hybridized carbons (Fsp3) is 0.500. The van der Waals surface area contributed by atoms with Crippen molar-refractivity contribution in [3.05, 3.63) is 29.3 Å². The molecule has 1 aromatic carbocycles. The molecule has 1 rings (SSSR count). The van der Waals surface area contributed by atoms with Gasteiger partial charge in [-0.15, -0.1) is 0 Å². The molecular formula is C14H20ClNO2. The van der Waals surface area contributed by atoms with Crippen LogP contribution in [-0.4, -0.2) is 17.7 Å². The maximum absolute atomic E-state index is 12.2. The van der Waals surface area contributed by atoms with Crippen molar-refractivity contribution in [3.8, 4) is 0 Å². The van der Waals surface area contributed by atoms with E-state index >= 15 is 0 Å². The highest BCUT2D eigenvalue weighted by atomic mass is 35.5. The Kier molecular flexibility index (Phi) is 4.63. The molecule has 0 radical (unpaired) electrons. The van der Waals surface area contributed by atoms with Gasteiger partial charge in [0.25, 0.3) is 0 Å². The first kappa shape index (κ1) is 14.8. The van der Waals surface area contributed by atoms with Crippen molar-refractivity contribution in [2.24, 2.45) is 0 Å². The van der Waals surface area contributed by atoms with Crippen molar-refractivity contribution in [1.82, 2.24) is 0 Å². The average molecular weight is 270 g/mol. The Labute approximate surface area is 114 Å². The van der Waals surface area contributed by atoms with E-state index in [9.17, 15) is 4.79 Å². The number of benzene rings is 1. The lowest BCUT2D eigenvalue weighted by molar-refractivity contribution is 0.0570. The van der Waals surface area contributed by atoms with Crippen LogP contribution in [0.4, 0.5) is 10.5 Å². The maximum Gasteiger partial charge on any atom is 0.415 e. The molecule has 0 saturated carbocycles. The first-order valence-corrected chi connectivity index (χ1v) is 6.37. The van der Waals surface area contributed by atoms with E-state index in [4.69, 9.17) is 16.3 Å². The highest BCUT2D eigenvalue weighted by molar-refractivity contribution is 6.33. The Balaban J connectivity index is 3.05. The molecule has 0 N–H and O–H groups in total. The van der Waals surface area contributed by atoms with Gasteiger partial charge in [0.1, 0.15) is 5.60 Å². The topological polar surface area (TPSA) is 29.5 Å². The summed E-state index contributed by atoms with van der Waals surface area (Å²) in [6.07, 6.45) is -0.384. The predicted octanol–water partition coefficient (Wildman–Crippen LogP) is 4.49. The summed E-state index contributed by atoms with van der Waals surface area (Å²) >= 11 is 6.13. The van der Waals surface area contributed by atoms with Gasteiger partial charge in [-0.25, -0.2) is 4.79 Å². The molecule has 0 saturated heterocycles. The van der Waals surface area contributed by atoms with Crippen LogP contribution in [0.1, 0.15) is 34.6 Å². The molecule has 3 nitrogen and oxygen atoms in total. The first-order valence-electron chi connectivity index (χ1n) is 5.99. The van der Waals surface area contributed by atoms with Gasteiger partial charge in [0.2, 0.25) is 0 Å². The molecule has 18 heavy (non-hydrogen) atoms. The van der Waals surface area contributed by atoms with Crippen molar-refractivity contribution in [2.45, 2.75) is 46.3 Å². The Morgan fingerprint density at radius 2 is 1.83 bits per heavy atom. The largest absolute Gasteiger partial charge is 0.443 e. The van der Waals surface area contributed by atoms with Gasteiger partial charge in [-0.05, 0) is 46.8 Å². The number of carbonyl (C=O) groups excluding carboxylic acids is 1. The second-order valence-electron chi connectivity index (χ2n) is 5.40. The number of anilines is 1. The van der Waals surface area contributed by atoms with Crippen molar-refractivity contribution in [1.29, 1.82) is 0 Å². The van der Waals surface area contributed by atoms with Gasteiger partial charge in [0, 0.05) is 6.04 Å². The summed E-state index contributed by atoms with van der Waals surface area (Å²) in [7, 11) is 0. The molecular weight excluding hydrogens is 250 g/mol. The SMILES string of the molecule is CC(C)N(C(=O)OC(C)(C)C)c1ccccc1Cl. The molecule has 1 aromatic rings. The Morgan fingerprint density at radius 3 is 2.28 bits per heavy atom. The monoisotopic (exact) mass is 269 g/mol. The smallest absolute Gasteiger partial charge is 0.415 e. The second-order valence-corrected chi connectivity index (χ2v) is 5.80. The van der Waals surface area contributed by atoms with Crippen LogP contribution in [0.2, 0.25) is 5.02 Å². The van der Waals surface area contributed by atoms with Gasteiger partial charge in [-0.1, -0.05) is 23.7 Å². The Hall–Kier alpha value is -1.22. The zero-order valence-electron chi connectivity index (χ0n) is 11.5. The van der Waals surface area contributed by atoms with E-state index in [-0.39, 0.29) is 12.1 Å². The molecule has 0 unspecified atom stereocenters. The number of hydrogen-bond acceptors (Lipinski definition) is 2. The van der Waals surface area contributed by atoms with Crippen LogP contribution >= 0.6 is 11.6 Å². The fourth-order valence-electron chi connectivity index (χ4n) is 1.55. The van der Waals surface area contributed by atoms with Crippen LogP contribution in [0, 0.1) is 0 Å². The predicted molar refractivity (Wildman–Crippen MR) is 75.3 cm³/mol. The van der Waals surface area contributed by atoms with Gasteiger partial charge in [0.05, 0.1) is 10.7 Å². The molecule has 4 heteroatoms. The number of para-hydroxylation sites is 1. The third-order valence-electron chi connectivity index (χ3n) is 2.22. The Bertz CT molecular complexity index is 424. The highest BCUT2D eigenvalue weighted by Crippen LogP contribution is 2.28. The molecule has 0 aromatic heterocycles.